The van der Waals surface area contributed by atoms with Crippen molar-refractivity contribution in [2.24, 2.45) is 0 Å². The molecule has 0 aliphatic carbocycles. The summed E-state index contributed by atoms with van der Waals surface area (Å²) in [4.78, 5) is 0. The highest BCUT2D eigenvalue weighted by Crippen LogP contribution is 1.96. The molecule has 0 spiro atoms. The maximum atomic E-state index is 4.58. The summed E-state index contributed by atoms with van der Waals surface area (Å²) in [6.07, 6.45) is 0. The Labute approximate surface area is 38.7 Å². The maximum absolute atomic E-state index is 4.58. The zero-order valence-corrected chi connectivity index (χ0v) is 4.32. The summed E-state index contributed by atoms with van der Waals surface area (Å²) < 4.78 is 4.58. The number of hydrogen-bond donors (Lipinski definition) is 0. The summed E-state index contributed by atoms with van der Waals surface area (Å²) in [6, 6.07) is 0. The Morgan fingerprint density at radius 1 is 1.67 bits per heavy atom. The van der Waals surface area contributed by atoms with Crippen molar-refractivity contribution >= 4 is 6.79 Å². The highest BCUT2D eigenvalue weighted by molar-refractivity contribution is 5.13. The van der Waals surface area contributed by atoms with Crippen molar-refractivity contribution in [1.82, 2.24) is 0 Å². The minimum absolute atomic E-state index is 0.319. The minimum atomic E-state index is -0.319. The molecule has 0 atom stereocenters. The van der Waals surface area contributed by atoms with E-state index in [0.717, 1.165) is 0 Å². The molecule has 0 aliphatic heterocycles. The van der Waals surface area contributed by atoms with E-state index in [2.05, 4.69) is 18.1 Å². The third kappa shape index (κ3) is 3.54. The largest absolute Gasteiger partial charge is 0.396 e. The van der Waals surface area contributed by atoms with Crippen molar-refractivity contribution in [3.8, 4) is 0 Å². The van der Waals surface area contributed by atoms with Crippen molar-refractivity contribution in [3.05, 3.63) is 6.92 Å². The van der Waals surface area contributed by atoms with E-state index in [1.54, 1.807) is 0 Å². The van der Waals surface area contributed by atoms with E-state index in [9.17, 15) is 0 Å². The van der Waals surface area contributed by atoms with Gasteiger partial charge < -0.3 is 0 Å². The van der Waals surface area contributed by atoms with Crippen LogP contribution in [0.25, 0.3) is 0 Å². The molecule has 0 N–H and O–H groups in total. The van der Waals surface area contributed by atoms with E-state index in [-0.39, 0.29) is 5.60 Å². The minimum Gasteiger partial charge on any atom is -0.226 e. The molecule has 0 aromatic rings. The van der Waals surface area contributed by atoms with Crippen molar-refractivity contribution in [1.29, 1.82) is 0 Å². The van der Waals surface area contributed by atoms with Crippen LogP contribution in [0.4, 0.5) is 0 Å². The molecule has 0 saturated heterocycles. The summed E-state index contributed by atoms with van der Waals surface area (Å²) in [5.74, 6) is 0. The Balaban J connectivity index is 3.45. The Hall–Kier alpha value is -0.460. The van der Waals surface area contributed by atoms with Crippen molar-refractivity contribution in [2.45, 2.75) is 19.4 Å². The second kappa shape index (κ2) is 1.33. The molecule has 6 heavy (non-hydrogen) atoms. The van der Waals surface area contributed by atoms with Gasteiger partial charge in [0.1, 0.15) is 0 Å². The van der Waals surface area contributed by atoms with Gasteiger partial charge in [-0.1, -0.05) is 0 Å². The summed E-state index contributed by atoms with van der Waals surface area (Å²) in [5, 5.41) is 0. The third-order valence-electron chi connectivity index (χ3n) is 0.391. The fraction of sp³-hybridized carbons (Fsp3) is 0.600. The van der Waals surface area contributed by atoms with Crippen LogP contribution in [0.1, 0.15) is 13.8 Å². The molecule has 0 unspecified atom stereocenters. The first-order valence-electron chi connectivity index (χ1n) is 1.85. The predicted molar refractivity (Wildman–Crippen MR) is 26.6 cm³/mol. The quantitative estimate of drug-likeness (QED) is 0.332. The van der Waals surface area contributed by atoms with E-state index < -0.39 is 0 Å². The van der Waals surface area contributed by atoms with E-state index in [1.165, 1.54) is 0 Å². The first-order chi connectivity index (χ1) is 2.56. The summed E-state index contributed by atoms with van der Waals surface area (Å²) >= 11 is 0. The molecule has 1 nitrogen and oxygen atoms in total. The fourth-order valence-corrected chi connectivity index (χ4v) is 0. The van der Waals surface area contributed by atoms with Gasteiger partial charge in [0.15, 0.2) is 6.92 Å². The van der Waals surface area contributed by atoms with Gasteiger partial charge in [-0.05, 0) is 0 Å². The van der Waals surface area contributed by atoms with Crippen molar-refractivity contribution < 1.29 is 4.42 Å². The van der Waals surface area contributed by atoms with Gasteiger partial charge in [0.25, 0.3) is 6.79 Å². The standard InChI is InChI=1S/C5H10O/c1-5(2,3)6-4/h1,4H2,2-3H3/q+2. The van der Waals surface area contributed by atoms with Gasteiger partial charge in [0.05, 0.1) is 13.8 Å². The maximum Gasteiger partial charge on any atom is 0.396 e. The monoisotopic (exact) mass is 86.1 g/mol. The normalized spacial score (nSPS) is 11.0. The molecule has 0 radical (unpaired) electrons. The second-order valence-electron chi connectivity index (χ2n) is 1.90. The van der Waals surface area contributed by atoms with E-state index in [4.69, 9.17) is 0 Å². The lowest BCUT2D eigenvalue weighted by atomic mass is 10.2. The van der Waals surface area contributed by atoms with Crippen molar-refractivity contribution in [2.75, 3.05) is 0 Å². The molecule has 0 bridgehead atoms. The van der Waals surface area contributed by atoms with Crippen molar-refractivity contribution in [3.63, 3.8) is 0 Å². The zero-order valence-electron chi connectivity index (χ0n) is 4.32. The molecular formula is C5H10O+2. The van der Waals surface area contributed by atoms with Crippen LogP contribution < -0.4 is 0 Å². The van der Waals surface area contributed by atoms with E-state index in [0.29, 0.717) is 0 Å². The van der Waals surface area contributed by atoms with Crippen LogP contribution in [-0.4, -0.2) is 12.4 Å². The molecule has 0 fully saturated rings. The van der Waals surface area contributed by atoms with Gasteiger partial charge in [-0.25, -0.2) is 4.42 Å². The highest BCUT2D eigenvalue weighted by atomic mass is 16.4. The Morgan fingerprint density at radius 3 is 1.83 bits per heavy atom. The Bertz CT molecular complexity index is 49.4. The first-order valence-corrected chi connectivity index (χ1v) is 1.85. The van der Waals surface area contributed by atoms with E-state index >= 15 is 0 Å². The van der Waals surface area contributed by atoms with Gasteiger partial charge in [0, 0.05) is 0 Å². The molecule has 0 amide bonds. The van der Waals surface area contributed by atoms with E-state index in [1.807, 2.05) is 13.8 Å². The Kier molecular flexibility index (Phi) is 1.23. The average Bonchev–Trinajstić information content (AvgIpc) is 1.35. The van der Waals surface area contributed by atoms with Crippen LogP contribution in [0.15, 0.2) is 0 Å². The van der Waals surface area contributed by atoms with Crippen LogP contribution >= 0.6 is 0 Å². The summed E-state index contributed by atoms with van der Waals surface area (Å²) in [7, 11) is 0. The fourth-order valence-electron chi connectivity index (χ4n) is 0. The summed E-state index contributed by atoms with van der Waals surface area (Å²) in [6.45, 7) is 10.5. The molecular weight excluding hydrogens is 76.1 g/mol. The first kappa shape index (κ1) is 5.54. The zero-order chi connectivity index (χ0) is 5.21. The molecule has 1 heteroatoms. The topological polar surface area (TPSA) is 11.3 Å². The number of carbonyl (C=O) groups excluding carboxylic acids is 1. The number of hydrogen-bond acceptors (Lipinski definition) is 0. The molecule has 0 aromatic carbocycles. The molecule has 0 saturated carbocycles. The van der Waals surface area contributed by atoms with Crippen LogP contribution in [0.5, 0.6) is 0 Å². The predicted octanol–water partition coefficient (Wildman–Crippen LogP) is 0.963. The molecule has 0 heterocycles. The third-order valence-corrected chi connectivity index (χ3v) is 0.391. The average molecular weight is 86.1 g/mol. The number of rotatable bonds is 1. The summed E-state index contributed by atoms with van der Waals surface area (Å²) in [5.41, 5.74) is -0.319. The molecule has 34 valence electrons. The second-order valence-corrected chi connectivity index (χ2v) is 1.90. The van der Waals surface area contributed by atoms with Gasteiger partial charge in [-0.15, -0.1) is 0 Å². The van der Waals surface area contributed by atoms with Crippen LogP contribution in [0, 0.1) is 6.92 Å². The lowest BCUT2D eigenvalue weighted by Crippen LogP contribution is -2.12. The SMILES string of the molecule is C=[O+]C([CH2+])(C)C. The molecule has 0 aliphatic rings. The highest BCUT2D eigenvalue weighted by Gasteiger charge is 2.25. The Morgan fingerprint density at radius 2 is 1.83 bits per heavy atom. The van der Waals surface area contributed by atoms with Crippen LogP contribution in [0.3, 0.4) is 0 Å². The van der Waals surface area contributed by atoms with Crippen LogP contribution in [-0.2, 0) is 4.42 Å². The molecule has 0 aromatic heterocycles. The lowest BCUT2D eigenvalue weighted by molar-refractivity contribution is -0.520. The lowest BCUT2D eigenvalue weighted by Gasteiger charge is -1.85. The van der Waals surface area contributed by atoms with Crippen LogP contribution in [0.2, 0.25) is 0 Å². The van der Waals surface area contributed by atoms with Gasteiger partial charge in [-0.2, -0.15) is 0 Å². The molecule has 0 rings (SSSR count). The van der Waals surface area contributed by atoms with Gasteiger partial charge in [-0.3, -0.25) is 0 Å². The smallest absolute Gasteiger partial charge is 0.226 e. The van der Waals surface area contributed by atoms with Gasteiger partial charge >= 0.3 is 5.60 Å². The van der Waals surface area contributed by atoms with Gasteiger partial charge in [0.2, 0.25) is 0 Å².